The van der Waals surface area contributed by atoms with E-state index in [1.54, 1.807) is 17.0 Å². The third kappa shape index (κ3) is 4.41. The Labute approximate surface area is 192 Å². The highest BCUT2D eigenvalue weighted by molar-refractivity contribution is 7.89. The van der Waals surface area contributed by atoms with Crippen molar-refractivity contribution in [2.24, 2.45) is 0 Å². The van der Waals surface area contributed by atoms with E-state index in [4.69, 9.17) is 4.74 Å². The molecule has 5 rings (SSSR count). The van der Waals surface area contributed by atoms with Crippen LogP contribution in [-0.2, 0) is 14.8 Å². The summed E-state index contributed by atoms with van der Waals surface area (Å²) in [4.78, 5) is 15.0. The summed E-state index contributed by atoms with van der Waals surface area (Å²) in [5.74, 6) is -0.115. The smallest absolute Gasteiger partial charge is 0.253 e. The van der Waals surface area contributed by atoms with Crippen LogP contribution >= 0.6 is 0 Å². The number of ether oxygens (including phenoxy) is 1. The molecule has 0 saturated carbocycles. The van der Waals surface area contributed by atoms with Gasteiger partial charge >= 0.3 is 0 Å². The van der Waals surface area contributed by atoms with E-state index < -0.39 is 10.0 Å². The highest BCUT2D eigenvalue weighted by atomic mass is 32.2. The zero-order valence-corrected chi connectivity index (χ0v) is 18.9. The third-order valence-corrected chi connectivity index (χ3v) is 8.03. The normalized spacial score (nSPS) is 19.6. The third-order valence-electron chi connectivity index (χ3n) is 6.11. The van der Waals surface area contributed by atoms with Crippen LogP contribution in [0.1, 0.15) is 22.8 Å². The molecule has 1 aromatic heterocycles. The Morgan fingerprint density at radius 2 is 1.70 bits per heavy atom. The second kappa shape index (κ2) is 9.05. The second-order valence-electron chi connectivity index (χ2n) is 8.18. The Hall–Kier alpha value is -3.08. The molecule has 2 fully saturated rings. The van der Waals surface area contributed by atoms with Crippen LogP contribution in [0, 0.1) is 0 Å². The molecule has 2 saturated heterocycles. The number of morpholine rings is 1. The van der Waals surface area contributed by atoms with Crippen LogP contribution in [0.2, 0.25) is 0 Å². The molecule has 2 aliphatic rings. The maximum Gasteiger partial charge on any atom is 0.253 e. The van der Waals surface area contributed by atoms with E-state index in [1.807, 2.05) is 41.2 Å². The number of sulfonamides is 1. The molecule has 2 aliphatic heterocycles. The maximum absolute atomic E-state index is 13.0. The van der Waals surface area contributed by atoms with Crippen molar-refractivity contribution >= 4 is 15.9 Å². The van der Waals surface area contributed by atoms with Gasteiger partial charge in [-0.05, 0) is 30.7 Å². The van der Waals surface area contributed by atoms with Crippen molar-refractivity contribution in [3.8, 4) is 11.3 Å². The van der Waals surface area contributed by atoms with E-state index in [0.29, 0.717) is 45.0 Å². The molecule has 9 nitrogen and oxygen atoms in total. The van der Waals surface area contributed by atoms with E-state index >= 15 is 0 Å². The Morgan fingerprint density at radius 1 is 0.970 bits per heavy atom. The molecule has 3 aromatic rings. The molecule has 0 spiro atoms. The van der Waals surface area contributed by atoms with Gasteiger partial charge in [-0.25, -0.2) is 13.1 Å². The van der Waals surface area contributed by atoms with Crippen LogP contribution in [0.15, 0.2) is 65.7 Å². The van der Waals surface area contributed by atoms with Gasteiger partial charge in [0, 0.05) is 37.3 Å². The molecule has 1 unspecified atom stereocenters. The first-order valence-electron chi connectivity index (χ1n) is 11.0. The number of hydrogen-bond acceptors (Lipinski definition) is 6. The number of carbonyl (C=O) groups excluding carboxylic acids is 1. The number of aromatic nitrogens is 3. The number of benzene rings is 2. The van der Waals surface area contributed by atoms with Gasteiger partial charge in [-0.15, -0.1) is 5.10 Å². The number of hydrogen-bond donors (Lipinski definition) is 0. The average Bonchev–Trinajstić information content (AvgIpc) is 3.55. The number of carbonyl (C=O) groups is 1. The molecular formula is C23H25N5O4S. The topological polar surface area (TPSA) is 97.6 Å². The van der Waals surface area contributed by atoms with Crippen LogP contribution in [0.3, 0.4) is 0 Å². The van der Waals surface area contributed by atoms with E-state index in [0.717, 1.165) is 17.7 Å². The van der Waals surface area contributed by atoms with Crippen LogP contribution in [0.5, 0.6) is 0 Å². The highest BCUT2D eigenvalue weighted by Crippen LogP contribution is 2.25. The van der Waals surface area contributed by atoms with Crippen LogP contribution in [0.4, 0.5) is 0 Å². The summed E-state index contributed by atoms with van der Waals surface area (Å²) < 4.78 is 34.1. The van der Waals surface area contributed by atoms with Gasteiger partial charge in [-0.1, -0.05) is 35.5 Å². The molecule has 172 valence electrons. The molecule has 33 heavy (non-hydrogen) atoms. The standard InChI is InChI=1S/C23H25N5O4S/c29-23(19-6-8-21(9-7-19)33(30,31)27-12-14-32-15-13-27)26-11-10-20(16-26)28-17-22(24-25-28)18-4-2-1-3-5-18/h1-9,17,20H,10-16H2. The first-order valence-corrected chi connectivity index (χ1v) is 12.4. The highest BCUT2D eigenvalue weighted by Gasteiger charge is 2.30. The SMILES string of the molecule is O=C(c1ccc(S(=O)(=O)N2CCOCC2)cc1)N1CCC(n2cc(-c3ccccc3)nn2)C1. The van der Waals surface area contributed by atoms with Crippen LogP contribution in [0.25, 0.3) is 11.3 Å². The molecule has 1 atom stereocenters. The summed E-state index contributed by atoms with van der Waals surface area (Å²) in [6.45, 7) is 2.61. The van der Waals surface area contributed by atoms with Crippen molar-refractivity contribution in [1.82, 2.24) is 24.2 Å². The van der Waals surface area contributed by atoms with Crippen molar-refractivity contribution in [3.05, 3.63) is 66.4 Å². The Kier molecular flexibility index (Phi) is 5.96. The summed E-state index contributed by atoms with van der Waals surface area (Å²) in [6.07, 6.45) is 2.70. The zero-order valence-electron chi connectivity index (χ0n) is 18.1. The van der Waals surface area contributed by atoms with E-state index in [2.05, 4.69) is 10.3 Å². The first-order chi connectivity index (χ1) is 16.0. The van der Waals surface area contributed by atoms with Crippen molar-refractivity contribution in [2.75, 3.05) is 39.4 Å². The average molecular weight is 468 g/mol. The van der Waals surface area contributed by atoms with Gasteiger partial charge in [0.05, 0.1) is 30.3 Å². The van der Waals surface area contributed by atoms with Gasteiger partial charge in [0.2, 0.25) is 10.0 Å². The summed E-state index contributed by atoms with van der Waals surface area (Å²) in [7, 11) is -3.58. The van der Waals surface area contributed by atoms with Gasteiger partial charge in [-0.2, -0.15) is 4.31 Å². The zero-order chi connectivity index (χ0) is 22.8. The molecule has 10 heteroatoms. The quantitative estimate of drug-likeness (QED) is 0.570. The molecule has 0 radical (unpaired) electrons. The van der Waals surface area contributed by atoms with Crippen LogP contribution < -0.4 is 0 Å². The summed E-state index contributed by atoms with van der Waals surface area (Å²) in [5.41, 5.74) is 2.28. The monoisotopic (exact) mass is 467 g/mol. The minimum atomic E-state index is -3.58. The minimum Gasteiger partial charge on any atom is -0.379 e. The largest absolute Gasteiger partial charge is 0.379 e. The fraction of sp³-hybridized carbons (Fsp3) is 0.348. The molecule has 3 heterocycles. The van der Waals surface area contributed by atoms with Gasteiger partial charge in [0.1, 0.15) is 5.69 Å². The predicted octanol–water partition coefficient (Wildman–Crippen LogP) is 2.05. The van der Waals surface area contributed by atoms with Gasteiger partial charge in [0.25, 0.3) is 5.91 Å². The molecule has 0 aliphatic carbocycles. The number of nitrogens with zero attached hydrogens (tertiary/aromatic N) is 5. The van der Waals surface area contributed by atoms with Crippen LogP contribution in [-0.4, -0.2) is 77.9 Å². The fourth-order valence-corrected chi connectivity index (χ4v) is 5.63. The van der Waals surface area contributed by atoms with E-state index in [9.17, 15) is 13.2 Å². The number of amides is 1. The summed E-state index contributed by atoms with van der Waals surface area (Å²) >= 11 is 0. The molecule has 2 aromatic carbocycles. The van der Waals surface area contributed by atoms with Crippen molar-refractivity contribution in [1.29, 1.82) is 0 Å². The molecular weight excluding hydrogens is 442 g/mol. The van der Waals surface area contributed by atoms with Crippen molar-refractivity contribution < 1.29 is 17.9 Å². The Balaban J connectivity index is 1.25. The molecule has 0 N–H and O–H groups in total. The lowest BCUT2D eigenvalue weighted by molar-refractivity contribution is 0.0730. The van der Waals surface area contributed by atoms with Gasteiger partial charge in [0.15, 0.2) is 0 Å². The maximum atomic E-state index is 13.0. The molecule has 1 amide bonds. The van der Waals surface area contributed by atoms with E-state index in [-0.39, 0.29) is 16.8 Å². The molecule has 0 bridgehead atoms. The second-order valence-corrected chi connectivity index (χ2v) is 10.1. The predicted molar refractivity (Wildman–Crippen MR) is 121 cm³/mol. The lowest BCUT2D eigenvalue weighted by Crippen LogP contribution is -2.40. The Morgan fingerprint density at radius 3 is 2.42 bits per heavy atom. The first kappa shape index (κ1) is 21.7. The lowest BCUT2D eigenvalue weighted by atomic mass is 10.2. The lowest BCUT2D eigenvalue weighted by Gasteiger charge is -2.26. The fourth-order valence-electron chi connectivity index (χ4n) is 4.23. The number of likely N-dealkylation sites (tertiary alicyclic amines) is 1. The minimum absolute atomic E-state index is 0.0554. The van der Waals surface area contributed by atoms with Gasteiger partial charge in [-0.3, -0.25) is 4.79 Å². The Bertz CT molecular complexity index is 1220. The van der Waals surface area contributed by atoms with Crippen molar-refractivity contribution in [3.63, 3.8) is 0 Å². The van der Waals surface area contributed by atoms with Crippen molar-refractivity contribution in [2.45, 2.75) is 17.4 Å². The summed E-state index contributed by atoms with van der Waals surface area (Å²) in [5, 5.41) is 8.54. The van der Waals surface area contributed by atoms with Gasteiger partial charge < -0.3 is 9.64 Å². The van der Waals surface area contributed by atoms with E-state index in [1.165, 1.54) is 16.4 Å². The summed E-state index contributed by atoms with van der Waals surface area (Å²) in [6, 6.07) is 16.1. The number of rotatable bonds is 5.